The fraction of sp³-hybridized carbons (Fsp3) is 0.250. The fourth-order valence-electron chi connectivity index (χ4n) is 4.27. The second-order valence-corrected chi connectivity index (χ2v) is 8.39. The van der Waals surface area contributed by atoms with Gasteiger partial charge in [-0.2, -0.15) is 5.10 Å². The average molecular weight is 428 g/mol. The van der Waals surface area contributed by atoms with Crippen LogP contribution in [0, 0.1) is 5.41 Å². The molecule has 0 spiro atoms. The van der Waals surface area contributed by atoms with Crippen LogP contribution in [0.25, 0.3) is 11.0 Å². The Balaban J connectivity index is 1.39. The largest absolute Gasteiger partial charge is 0.384 e. The third-order valence-corrected chi connectivity index (χ3v) is 6.41. The van der Waals surface area contributed by atoms with E-state index in [0.717, 1.165) is 41.0 Å². The second kappa shape index (κ2) is 7.33. The molecule has 2 heterocycles. The maximum atomic E-state index is 13.2. The van der Waals surface area contributed by atoms with Crippen LogP contribution in [0.4, 0.5) is 5.69 Å². The number of Topliss-reactive ketones (excluding diaryl/α,β-unsaturated/α-hetero) is 1. The van der Waals surface area contributed by atoms with Crippen LogP contribution in [0.5, 0.6) is 0 Å². The summed E-state index contributed by atoms with van der Waals surface area (Å²) in [5, 5.41) is 15.0. The van der Waals surface area contributed by atoms with E-state index in [-0.39, 0.29) is 11.6 Å². The number of benzene rings is 2. The predicted molar refractivity (Wildman–Crippen MR) is 124 cm³/mol. The van der Waals surface area contributed by atoms with Crippen molar-refractivity contribution in [2.75, 3.05) is 5.32 Å². The number of nitrogens with zero attached hydrogens (tertiary/aromatic N) is 4. The van der Waals surface area contributed by atoms with Gasteiger partial charge in [-0.15, -0.1) is 0 Å². The summed E-state index contributed by atoms with van der Waals surface area (Å²) in [4.78, 5) is 18.1. The summed E-state index contributed by atoms with van der Waals surface area (Å²) in [6.45, 7) is 0.555. The maximum absolute atomic E-state index is 13.2. The Morgan fingerprint density at radius 3 is 2.53 bits per heavy atom. The van der Waals surface area contributed by atoms with Gasteiger partial charge < -0.3 is 15.6 Å². The normalized spacial score (nSPS) is 14.4. The quantitative estimate of drug-likeness (QED) is 0.238. The van der Waals surface area contributed by atoms with Gasteiger partial charge in [0.25, 0.3) is 0 Å². The molecule has 162 valence electrons. The monoisotopic (exact) mass is 427 g/mol. The van der Waals surface area contributed by atoms with E-state index in [9.17, 15) is 4.79 Å². The number of hydrogen-bond donors (Lipinski definition) is 3. The van der Waals surface area contributed by atoms with Crippen LogP contribution in [0.3, 0.4) is 0 Å². The first-order valence-corrected chi connectivity index (χ1v) is 10.6. The summed E-state index contributed by atoms with van der Waals surface area (Å²) in [6, 6.07) is 15.4. The molecule has 5 rings (SSSR count). The van der Waals surface area contributed by atoms with E-state index in [1.807, 2.05) is 31.3 Å². The number of anilines is 1. The summed E-state index contributed by atoms with van der Waals surface area (Å²) in [5.41, 5.74) is 10.3. The molecule has 1 fully saturated rings. The fourth-order valence-corrected chi connectivity index (χ4v) is 4.27. The number of aromatic nitrogens is 4. The standard InChI is InChI=1S/C24H25N7O/c1-30-19-8-5-16(24(10-11-24)22(32)20-9-12-28-31(20)2)13-18(19)29-21(30)14-27-17-6-3-15(4-7-17)23(25)26/h3-9,12-13,27H,10-11,14H2,1-2H3,(H3,25,26). The van der Waals surface area contributed by atoms with E-state index in [1.165, 1.54) is 0 Å². The van der Waals surface area contributed by atoms with Gasteiger partial charge in [0.1, 0.15) is 17.4 Å². The topological polar surface area (TPSA) is 115 Å². The molecular weight excluding hydrogens is 402 g/mol. The molecule has 0 amide bonds. The van der Waals surface area contributed by atoms with Crippen LogP contribution >= 0.6 is 0 Å². The average Bonchev–Trinajstić information content (AvgIpc) is 3.40. The number of nitrogen functional groups attached to an aromatic ring is 1. The van der Waals surface area contributed by atoms with Gasteiger partial charge in [-0.3, -0.25) is 14.9 Å². The van der Waals surface area contributed by atoms with Crippen LogP contribution in [0.2, 0.25) is 0 Å². The smallest absolute Gasteiger partial charge is 0.191 e. The number of hydrogen-bond acceptors (Lipinski definition) is 5. The van der Waals surface area contributed by atoms with E-state index in [0.29, 0.717) is 17.8 Å². The molecule has 0 bridgehead atoms. The predicted octanol–water partition coefficient (Wildman–Crippen LogP) is 3.12. The lowest BCUT2D eigenvalue weighted by atomic mass is 9.89. The molecule has 4 aromatic rings. The number of nitrogens with one attached hydrogen (secondary N) is 2. The third-order valence-electron chi connectivity index (χ3n) is 6.41. The molecule has 0 unspecified atom stereocenters. The number of ketones is 1. The van der Waals surface area contributed by atoms with Crippen molar-refractivity contribution in [1.82, 2.24) is 19.3 Å². The highest BCUT2D eigenvalue weighted by atomic mass is 16.1. The molecule has 4 N–H and O–H groups in total. The van der Waals surface area contributed by atoms with Crippen LogP contribution in [0.15, 0.2) is 54.7 Å². The Hall–Kier alpha value is -3.94. The SMILES string of the molecule is Cn1nccc1C(=O)C1(c2ccc3c(c2)nc(CNc2ccc(C(=N)N)cc2)n3C)CC1. The van der Waals surface area contributed by atoms with E-state index < -0.39 is 5.41 Å². The minimum atomic E-state index is -0.462. The van der Waals surface area contributed by atoms with Crippen LogP contribution in [0.1, 0.15) is 40.3 Å². The van der Waals surface area contributed by atoms with Crippen molar-refractivity contribution < 1.29 is 4.79 Å². The van der Waals surface area contributed by atoms with E-state index in [4.69, 9.17) is 16.1 Å². The lowest BCUT2D eigenvalue weighted by Crippen LogP contribution is -2.23. The molecule has 1 saturated carbocycles. The number of fused-ring (bicyclic) bond motifs is 1. The number of amidine groups is 1. The number of rotatable bonds is 7. The third kappa shape index (κ3) is 3.24. The van der Waals surface area contributed by atoms with Gasteiger partial charge in [-0.05, 0) is 60.9 Å². The summed E-state index contributed by atoms with van der Waals surface area (Å²) < 4.78 is 3.72. The van der Waals surface area contributed by atoms with Crippen molar-refractivity contribution in [3.8, 4) is 0 Å². The Labute approximate surface area is 185 Å². The lowest BCUT2D eigenvalue weighted by molar-refractivity contribution is 0.0936. The number of carbonyl (C=O) groups is 1. The van der Waals surface area contributed by atoms with E-state index in [2.05, 4.69) is 33.2 Å². The van der Waals surface area contributed by atoms with Crippen LogP contribution in [-0.4, -0.2) is 31.0 Å². The molecule has 1 aliphatic carbocycles. The maximum Gasteiger partial charge on any atom is 0.191 e. The zero-order valence-corrected chi connectivity index (χ0v) is 18.1. The van der Waals surface area contributed by atoms with Crippen molar-refractivity contribution in [3.63, 3.8) is 0 Å². The molecule has 0 saturated heterocycles. The van der Waals surface area contributed by atoms with Gasteiger partial charge >= 0.3 is 0 Å². The van der Waals surface area contributed by atoms with Gasteiger partial charge in [-0.1, -0.05) is 6.07 Å². The van der Waals surface area contributed by atoms with Crippen molar-refractivity contribution >= 4 is 28.3 Å². The van der Waals surface area contributed by atoms with Crippen LogP contribution < -0.4 is 11.1 Å². The zero-order chi connectivity index (χ0) is 22.5. The second-order valence-electron chi connectivity index (χ2n) is 8.39. The van der Waals surface area contributed by atoms with Crippen molar-refractivity contribution in [2.45, 2.75) is 24.8 Å². The van der Waals surface area contributed by atoms with Gasteiger partial charge in [0.15, 0.2) is 5.78 Å². The number of imidazole rings is 1. The molecule has 32 heavy (non-hydrogen) atoms. The van der Waals surface area contributed by atoms with Gasteiger partial charge in [-0.25, -0.2) is 4.98 Å². The molecule has 2 aromatic carbocycles. The van der Waals surface area contributed by atoms with E-state index >= 15 is 0 Å². The first-order valence-electron chi connectivity index (χ1n) is 10.6. The Morgan fingerprint density at radius 1 is 1.16 bits per heavy atom. The first kappa shape index (κ1) is 20.0. The Morgan fingerprint density at radius 2 is 1.91 bits per heavy atom. The molecule has 0 radical (unpaired) electrons. The minimum Gasteiger partial charge on any atom is -0.384 e. The van der Waals surface area contributed by atoms with Gasteiger partial charge in [0.2, 0.25) is 0 Å². The highest BCUT2D eigenvalue weighted by Gasteiger charge is 2.52. The summed E-state index contributed by atoms with van der Waals surface area (Å²) >= 11 is 0. The molecule has 2 aromatic heterocycles. The number of carbonyl (C=O) groups excluding carboxylic acids is 1. The first-order chi connectivity index (χ1) is 15.4. The zero-order valence-electron chi connectivity index (χ0n) is 18.1. The molecule has 0 aliphatic heterocycles. The van der Waals surface area contributed by atoms with Crippen molar-refractivity contribution in [3.05, 3.63) is 77.4 Å². The van der Waals surface area contributed by atoms with Crippen molar-refractivity contribution in [1.29, 1.82) is 5.41 Å². The van der Waals surface area contributed by atoms with Crippen LogP contribution in [-0.2, 0) is 26.1 Å². The summed E-state index contributed by atoms with van der Waals surface area (Å²) in [6.07, 6.45) is 3.36. The Bertz CT molecular complexity index is 1340. The highest BCUT2D eigenvalue weighted by molar-refractivity contribution is 6.05. The van der Waals surface area contributed by atoms with E-state index in [1.54, 1.807) is 24.0 Å². The number of nitrogens with two attached hydrogens (primary N) is 1. The lowest BCUT2D eigenvalue weighted by Gasteiger charge is -2.14. The minimum absolute atomic E-state index is 0.0537. The van der Waals surface area contributed by atoms with Gasteiger partial charge in [0.05, 0.1) is 23.0 Å². The van der Waals surface area contributed by atoms with Crippen molar-refractivity contribution in [2.24, 2.45) is 19.8 Å². The van der Waals surface area contributed by atoms with Gasteiger partial charge in [0, 0.05) is 31.5 Å². The summed E-state index contributed by atoms with van der Waals surface area (Å²) in [7, 11) is 3.80. The molecule has 8 nitrogen and oxygen atoms in total. The Kier molecular flexibility index (Phi) is 4.58. The molecule has 0 atom stereocenters. The molecular formula is C24H25N7O. The summed E-state index contributed by atoms with van der Waals surface area (Å²) in [5.74, 6) is 1.08. The number of aryl methyl sites for hydroxylation is 2. The highest BCUT2D eigenvalue weighted by Crippen LogP contribution is 2.50. The molecule has 8 heteroatoms. The molecule has 1 aliphatic rings.